The van der Waals surface area contributed by atoms with Crippen molar-refractivity contribution in [3.05, 3.63) is 78.8 Å². The van der Waals surface area contributed by atoms with E-state index >= 15 is 0 Å². The van der Waals surface area contributed by atoms with E-state index in [1.807, 2.05) is 0 Å². The molecule has 31 heavy (non-hydrogen) atoms. The summed E-state index contributed by atoms with van der Waals surface area (Å²) in [5, 5.41) is 0. The van der Waals surface area contributed by atoms with E-state index in [0.717, 1.165) is 0 Å². The minimum absolute atomic E-state index is 0.00418. The average Bonchev–Trinajstić information content (AvgIpc) is 2.95. The lowest BCUT2D eigenvalue weighted by Crippen LogP contribution is -2.32. The number of rotatable bonds is 6. The maximum Gasteiger partial charge on any atom is 0.0246 e. The molecular weight excluding hydrogens is 508 g/mol. The molecular formula is C29H36Br2. The van der Waals surface area contributed by atoms with Crippen molar-refractivity contribution < 1.29 is 0 Å². The van der Waals surface area contributed by atoms with Gasteiger partial charge in [-0.2, -0.15) is 0 Å². The average molecular weight is 544 g/mol. The van der Waals surface area contributed by atoms with Gasteiger partial charge in [0.05, 0.1) is 0 Å². The molecule has 4 rings (SSSR count). The van der Waals surface area contributed by atoms with Gasteiger partial charge < -0.3 is 0 Å². The number of hydrogen-bond donors (Lipinski definition) is 0. The number of unbranched alkanes of at least 4 members (excludes halogenated alkanes) is 3. The van der Waals surface area contributed by atoms with E-state index in [9.17, 15) is 0 Å². The zero-order valence-corrected chi connectivity index (χ0v) is 22.9. The SMILES string of the molecule is CCCCCCC1=CC(C2(C)c3cc(Br)c(C)cc3C3C=C(C)C(Br)=CC32)=CC(C)C1. The largest absolute Gasteiger partial charge is 0.0772 e. The fraction of sp³-hybridized carbons (Fsp3) is 0.517. The molecule has 0 heterocycles. The van der Waals surface area contributed by atoms with Crippen molar-refractivity contribution in [2.75, 3.05) is 0 Å². The highest BCUT2D eigenvalue weighted by atomic mass is 79.9. The molecule has 1 aromatic carbocycles. The Morgan fingerprint density at radius 3 is 2.55 bits per heavy atom. The third-order valence-electron chi connectivity index (χ3n) is 7.79. The molecule has 0 saturated carbocycles. The molecule has 166 valence electrons. The highest BCUT2D eigenvalue weighted by molar-refractivity contribution is 9.12. The van der Waals surface area contributed by atoms with Crippen molar-refractivity contribution in [1.29, 1.82) is 0 Å². The first-order chi connectivity index (χ1) is 14.8. The van der Waals surface area contributed by atoms with Crippen LogP contribution in [0.15, 0.2) is 62.1 Å². The molecule has 2 heteroatoms. The summed E-state index contributed by atoms with van der Waals surface area (Å²) in [6.07, 6.45) is 18.0. The normalized spacial score (nSPS) is 29.6. The number of halogens is 2. The van der Waals surface area contributed by atoms with Gasteiger partial charge >= 0.3 is 0 Å². The lowest BCUT2D eigenvalue weighted by Gasteiger charge is -2.38. The van der Waals surface area contributed by atoms with E-state index in [4.69, 9.17) is 0 Å². The molecule has 4 atom stereocenters. The maximum absolute atomic E-state index is 3.86. The highest BCUT2D eigenvalue weighted by Gasteiger charge is 2.50. The Labute approximate surface area is 206 Å². The zero-order valence-electron chi connectivity index (χ0n) is 19.7. The van der Waals surface area contributed by atoms with E-state index in [1.165, 1.54) is 75.3 Å². The van der Waals surface area contributed by atoms with E-state index < -0.39 is 0 Å². The second-order valence-corrected chi connectivity index (χ2v) is 11.9. The first-order valence-corrected chi connectivity index (χ1v) is 13.6. The standard InChI is InChI=1S/C29H36Br2/c1-6-7-8-9-10-21-11-18(2)12-22(15-21)29(5)25-16-27(30)19(3)13-23(25)24-14-20(4)28(31)17-26(24)29/h12-18,23,25H,6-11H2,1-5H3. The molecule has 0 spiro atoms. The smallest absolute Gasteiger partial charge is 0.0246 e. The van der Waals surface area contributed by atoms with E-state index in [-0.39, 0.29) is 5.41 Å². The van der Waals surface area contributed by atoms with Crippen LogP contribution < -0.4 is 0 Å². The lowest BCUT2D eigenvalue weighted by atomic mass is 9.65. The summed E-state index contributed by atoms with van der Waals surface area (Å²) in [7, 11) is 0. The van der Waals surface area contributed by atoms with Gasteiger partial charge in [0, 0.05) is 26.2 Å². The predicted molar refractivity (Wildman–Crippen MR) is 142 cm³/mol. The summed E-state index contributed by atoms with van der Waals surface area (Å²) in [5.74, 6) is 1.51. The van der Waals surface area contributed by atoms with E-state index in [0.29, 0.717) is 17.8 Å². The maximum atomic E-state index is 3.86. The van der Waals surface area contributed by atoms with Gasteiger partial charge in [-0.1, -0.05) is 108 Å². The Morgan fingerprint density at radius 2 is 1.81 bits per heavy atom. The molecule has 1 aromatic rings. The molecule has 0 N–H and O–H groups in total. The summed E-state index contributed by atoms with van der Waals surface area (Å²) in [6.45, 7) is 11.6. The number of fused-ring (bicyclic) bond motifs is 3. The van der Waals surface area contributed by atoms with Crippen molar-refractivity contribution in [3.8, 4) is 0 Å². The fourth-order valence-electron chi connectivity index (χ4n) is 5.99. The van der Waals surface area contributed by atoms with Crippen LogP contribution in [0.2, 0.25) is 0 Å². The van der Waals surface area contributed by atoms with Crippen LogP contribution in [0.3, 0.4) is 0 Å². The third-order valence-corrected chi connectivity index (χ3v) is 9.54. The molecule has 0 bridgehead atoms. The molecule has 0 aromatic heterocycles. The van der Waals surface area contributed by atoms with Crippen LogP contribution >= 0.6 is 31.9 Å². The van der Waals surface area contributed by atoms with Gasteiger partial charge in [-0.05, 0) is 72.9 Å². The van der Waals surface area contributed by atoms with Gasteiger partial charge in [0.1, 0.15) is 0 Å². The van der Waals surface area contributed by atoms with Gasteiger partial charge in [-0.25, -0.2) is 0 Å². The summed E-state index contributed by atoms with van der Waals surface area (Å²) < 4.78 is 2.49. The Balaban J connectivity index is 1.79. The summed E-state index contributed by atoms with van der Waals surface area (Å²) in [4.78, 5) is 0. The van der Waals surface area contributed by atoms with Gasteiger partial charge in [0.25, 0.3) is 0 Å². The Hall–Kier alpha value is -0.860. The second-order valence-electron chi connectivity index (χ2n) is 10.2. The van der Waals surface area contributed by atoms with Crippen LogP contribution in [-0.4, -0.2) is 0 Å². The molecule has 0 nitrogen and oxygen atoms in total. The molecule has 3 aliphatic rings. The fourth-order valence-corrected chi connectivity index (χ4v) is 6.75. The molecule has 0 amide bonds. The van der Waals surface area contributed by atoms with Crippen LogP contribution in [0.4, 0.5) is 0 Å². The van der Waals surface area contributed by atoms with E-state index in [1.54, 1.807) is 5.57 Å². The monoisotopic (exact) mass is 542 g/mol. The molecule has 4 unspecified atom stereocenters. The number of hydrogen-bond acceptors (Lipinski definition) is 0. The summed E-state index contributed by atoms with van der Waals surface area (Å²) in [6, 6.07) is 4.85. The zero-order chi connectivity index (χ0) is 22.3. The van der Waals surface area contributed by atoms with Crippen molar-refractivity contribution in [2.45, 2.75) is 84.5 Å². The van der Waals surface area contributed by atoms with Crippen LogP contribution in [-0.2, 0) is 5.41 Å². The Kier molecular flexibility index (Phi) is 6.90. The first kappa shape index (κ1) is 23.3. The second kappa shape index (κ2) is 9.18. The van der Waals surface area contributed by atoms with E-state index in [2.05, 4.69) is 103 Å². The molecule has 0 fully saturated rings. The van der Waals surface area contributed by atoms with Crippen molar-refractivity contribution in [2.24, 2.45) is 11.8 Å². The first-order valence-electron chi connectivity index (χ1n) is 12.0. The van der Waals surface area contributed by atoms with Gasteiger partial charge in [-0.15, -0.1) is 0 Å². The Morgan fingerprint density at radius 1 is 1.03 bits per heavy atom. The number of allylic oxidation sites excluding steroid dienone is 8. The highest BCUT2D eigenvalue weighted by Crippen LogP contribution is 2.59. The van der Waals surface area contributed by atoms with Crippen LogP contribution in [0.1, 0.15) is 88.8 Å². The molecule has 0 aliphatic heterocycles. The number of aryl methyl sites for hydroxylation is 1. The van der Waals surface area contributed by atoms with Crippen LogP contribution in [0, 0.1) is 18.8 Å². The van der Waals surface area contributed by atoms with Crippen molar-refractivity contribution in [1.82, 2.24) is 0 Å². The van der Waals surface area contributed by atoms with Crippen molar-refractivity contribution in [3.63, 3.8) is 0 Å². The molecule has 3 aliphatic carbocycles. The van der Waals surface area contributed by atoms with Gasteiger partial charge in [-0.3, -0.25) is 0 Å². The molecule has 0 radical (unpaired) electrons. The number of benzene rings is 1. The lowest BCUT2D eigenvalue weighted by molar-refractivity contribution is 0.416. The Bertz CT molecular complexity index is 990. The quantitative estimate of drug-likeness (QED) is 0.313. The summed E-state index contributed by atoms with van der Waals surface area (Å²) in [5.41, 5.74) is 8.89. The third kappa shape index (κ3) is 4.24. The van der Waals surface area contributed by atoms with Crippen LogP contribution in [0.5, 0.6) is 0 Å². The minimum Gasteiger partial charge on any atom is -0.0772 e. The van der Waals surface area contributed by atoms with Gasteiger partial charge in [0.15, 0.2) is 0 Å². The topological polar surface area (TPSA) is 0 Å². The van der Waals surface area contributed by atoms with Crippen molar-refractivity contribution >= 4 is 31.9 Å². The predicted octanol–water partition coefficient (Wildman–Crippen LogP) is 9.83. The van der Waals surface area contributed by atoms with Crippen LogP contribution in [0.25, 0.3) is 0 Å². The summed E-state index contributed by atoms with van der Waals surface area (Å²) >= 11 is 7.71. The van der Waals surface area contributed by atoms with Gasteiger partial charge in [0.2, 0.25) is 0 Å². The molecule has 0 saturated heterocycles. The minimum atomic E-state index is -0.00418.